The van der Waals surface area contributed by atoms with Crippen molar-refractivity contribution in [3.63, 3.8) is 0 Å². The third-order valence-corrected chi connectivity index (χ3v) is 3.57. The topological polar surface area (TPSA) is 109 Å². The molecular formula is C17H19N3O6. The van der Waals surface area contributed by atoms with Crippen LogP contribution in [0.25, 0.3) is 0 Å². The summed E-state index contributed by atoms with van der Waals surface area (Å²) in [5, 5.41) is 0. The molecule has 2 atom stereocenters. The van der Waals surface area contributed by atoms with E-state index in [0.717, 1.165) is 0 Å². The van der Waals surface area contributed by atoms with Gasteiger partial charge in [0.15, 0.2) is 0 Å². The summed E-state index contributed by atoms with van der Waals surface area (Å²) in [7, 11) is 0. The highest BCUT2D eigenvalue weighted by atomic mass is 16.5. The molecule has 0 aromatic carbocycles. The minimum atomic E-state index is -0.353. The van der Waals surface area contributed by atoms with Crippen LogP contribution in [0.3, 0.4) is 0 Å². The minimum Gasteiger partial charge on any atom is -0.474 e. The van der Waals surface area contributed by atoms with Crippen LogP contribution in [0.2, 0.25) is 0 Å². The molecule has 0 amide bonds. The largest absolute Gasteiger partial charge is 0.474 e. The zero-order chi connectivity index (χ0) is 18.5. The summed E-state index contributed by atoms with van der Waals surface area (Å²) < 4.78 is 21.0. The van der Waals surface area contributed by atoms with Gasteiger partial charge in [0.05, 0.1) is 0 Å². The van der Waals surface area contributed by atoms with E-state index in [1.165, 1.54) is 13.8 Å². The van der Waals surface area contributed by atoms with Gasteiger partial charge in [-0.1, -0.05) is 6.07 Å². The molecule has 0 radical (unpaired) electrons. The van der Waals surface area contributed by atoms with Crippen LogP contribution in [0.4, 0.5) is 0 Å². The van der Waals surface area contributed by atoms with E-state index < -0.39 is 0 Å². The molecule has 0 saturated heterocycles. The second-order valence-electron chi connectivity index (χ2n) is 5.81. The number of ether oxygens (including phenoxy) is 4. The number of hydrogen-bond acceptors (Lipinski definition) is 9. The molecule has 1 aromatic heterocycles. The molecule has 0 bridgehead atoms. The highest BCUT2D eigenvalue weighted by molar-refractivity contribution is 5.97. The Kier molecular flexibility index (Phi) is 5.45. The van der Waals surface area contributed by atoms with Crippen molar-refractivity contribution < 1.29 is 28.5 Å². The lowest BCUT2D eigenvalue weighted by molar-refractivity contribution is -0.142. The number of carbonyl (C=O) groups excluding carboxylic acids is 2. The van der Waals surface area contributed by atoms with E-state index in [0.29, 0.717) is 36.4 Å². The van der Waals surface area contributed by atoms with Gasteiger partial charge in [-0.15, -0.1) is 0 Å². The van der Waals surface area contributed by atoms with E-state index in [-0.39, 0.29) is 37.2 Å². The van der Waals surface area contributed by atoms with Gasteiger partial charge in [-0.25, -0.2) is 15.0 Å². The Morgan fingerprint density at radius 1 is 0.962 bits per heavy atom. The summed E-state index contributed by atoms with van der Waals surface area (Å²) in [5.41, 5.74) is 1.09. The third kappa shape index (κ3) is 4.56. The standard InChI is InChI=1S/C17H19N3O6/c1-10(21)23-6-12-8-25-16(18-12)14-4-3-5-15(20-14)17-19-13(9-26-17)7-24-11(2)22/h3-5,12-13H,6-9H2,1-2H3/t12-,13?/m0/s1. The molecule has 9 heteroatoms. The van der Waals surface area contributed by atoms with Gasteiger partial charge in [0.25, 0.3) is 0 Å². The Labute approximate surface area is 150 Å². The van der Waals surface area contributed by atoms with Crippen LogP contribution in [0.5, 0.6) is 0 Å². The highest BCUT2D eigenvalue weighted by Crippen LogP contribution is 2.15. The van der Waals surface area contributed by atoms with Crippen LogP contribution in [0.15, 0.2) is 28.2 Å². The summed E-state index contributed by atoms with van der Waals surface area (Å²) in [6.07, 6.45) is 0. The van der Waals surface area contributed by atoms with Crippen LogP contribution in [-0.2, 0) is 28.5 Å². The van der Waals surface area contributed by atoms with Gasteiger partial charge < -0.3 is 18.9 Å². The first-order valence-corrected chi connectivity index (χ1v) is 8.17. The Balaban J connectivity index is 1.67. The molecule has 3 heterocycles. The van der Waals surface area contributed by atoms with Crippen LogP contribution < -0.4 is 0 Å². The maximum atomic E-state index is 10.9. The number of nitrogens with zero attached hydrogens (tertiary/aromatic N) is 3. The summed E-state index contributed by atoms with van der Waals surface area (Å²) in [4.78, 5) is 35.0. The van der Waals surface area contributed by atoms with E-state index >= 15 is 0 Å². The lowest BCUT2D eigenvalue weighted by atomic mass is 10.3. The summed E-state index contributed by atoms with van der Waals surface area (Å²) >= 11 is 0. The molecule has 0 fully saturated rings. The Morgan fingerprint density at radius 2 is 1.42 bits per heavy atom. The number of carbonyl (C=O) groups is 2. The maximum absolute atomic E-state index is 10.9. The molecule has 26 heavy (non-hydrogen) atoms. The van der Waals surface area contributed by atoms with Gasteiger partial charge in [0.2, 0.25) is 11.8 Å². The smallest absolute Gasteiger partial charge is 0.302 e. The lowest BCUT2D eigenvalue weighted by Gasteiger charge is -2.04. The molecule has 3 rings (SSSR count). The van der Waals surface area contributed by atoms with Gasteiger partial charge in [0.1, 0.15) is 49.9 Å². The molecule has 1 aromatic rings. The van der Waals surface area contributed by atoms with Crippen molar-refractivity contribution >= 4 is 23.7 Å². The maximum Gasteiger partial charge on any atom is 0.302 e. The Hall–Kier alpha value is -2.97. The molecule has 138 valence electrons. The molecular weight excluding hydrogens is 342 g/mol. The predicted molar refractivity (Wildman–Crippen MR) is 90.1 cm³/mol. The fourth-order valence-electron chi connectivity index (χ4n) is 2.38. The first-order chi connectivity index (χ1) is 12.5. The number of rotatable bonds is 6. The van der Waals surface area contributed by atoms with Crippen LogP contribution in [-0.4, -0.2) is 67.2 Å². The van der Waals surface area contributed by atoms with E-state index in [4.69, 9.17) is 18.9 Å². The summed E-state index contributed by atoms with van der Waals surface area (Å²) in [5.74, 6) is 0.0695. The van der Waals surface area contributed by atoms with Gasteiger partial charge in [-0.2, -0.15) is 0 Å². The van der Waals surface area contributed by atoms with E-state index in [9.17, 15) is 9.59 Å². The molecule has 2 aliphatic rings. The highest BCUT2D eigenvalue weighted by Gasteiger charge is 2.25. The predicted octanol–water partition coefficient (Wildman–Crippen LogP) is 0.499. The number of aromatic nitrogens is 1. The van der Waals surface area contributed by atoms with Crippen molar-refractivity contribution in [3.05, 3.63) is 29.6 Å². The van der Waals surface area contributed by atoms with E-state index in [1.807, 2.05) is 0 Å². The van der Waals surface area contributed by atoms with Gasteiger partial charge >= 0.3 is 11.9 Å². The van der Waals surface area contributed by atoms with Crippen LogP contribution in [0, 0.1) is 0 Å². The number of aliphatic imine (C=N–C) groups is 2. The van der Waals surface area contributed by atoms with Gasteiger partial charge in [-0.3, -0.25) is 9.59 Å². The Morgan fingerprint density at radius 3 is 1.85 bits per heavy atom. The van der Waals surface area contributed by atoms with Crippen LogP contribution in [0.1, 0.15) is 25.2 Å². The average Bonchev–Trinajstić information content (AvgIpc) is 3.28. The fourth-order valence-corrected chi connectivity index (χ4v) is 2.38. The monoisotopic (exact) mass is 361 g/mol. The molecule has 0 aliphatic carbocycles. The molecule has 0 saturated carbocycles. The second-order valence-corrected chi connectivity index (χ2v) is 5.81. The summed E-state index contributed by atoms with van der Waals surface area (Å²) in [6.45, 7) is 3.70. The third-order valence-electron chi connectivity index (χ3n) is 3.57. The van der Waals surface area contributed by atoms with E-state index in [1.54, 1.807) is 18.2 Å². The molecule has 1 unspecified atom stereocenters. The molecule has 0 N–H and O–H groups in total. The van der Waals surface area contributed by atoms with Crippen molar-refractivity contribution in [2.45, 2.75) is 25.9 Å². The van der Waals surface area contributed by atoms with Crippen molar-refractivity contribution in [2.75, 3.05) is 26.4 Å². The van der Waals surface area contributed by atoms with Crippen molar-refractivity contribution in [2.24, 2.45) is 9.98 Å². The molecule has 9 nitrogen and oxygen atoms in total. The zero-order valence-corrected chi connectivity index (χ0v) is 14.5. The minimum absolute atomic E-state index is 0.173. The normalized spacial score (nSPS) is 21.3. The summed E-state index contributed by atoms with van der Waals surface area (Å²) in [6, 6.07) is 4.85. The Bertz CT molecular complexity index is 701. The fraction of sp³-hybridized carbons (Fsp3) is 0.471. The number of esters is 2. The van der Waals surface area contributed by atoms with Crippen molar-refractivity contribution in [3.8, 4) is 0 Å². The number of pyridine rings is 1. The quantitative estimate of drug-likeness (QED) is 0.679. The van der Waals surface area contributed by atoms with Crippen molar-refractivity contribution in [1.29, 1.82) is 0 Å². The first-order valence-electron chi connectivity index (χ1n) is 8.17. The first kappa shape index (κ1) is 17.8. The molecule has 0 spiro atoms. The van der Waals surface area contributed by atoms with Gasteiger partial charge in [0, 0.05) is 13.8 Å². The second kappa shape index (κ2) is 7.94. The SMILES string of the molecule is CC(=O)OCC1COC(c2cccc(C3=N[C@@H](COC(C)=O)CO3)n2)=N1. The average molecular weight is 361 g/mol. The van der Waals surface area contributed by atoms with Gasteiger partial charge in [-0.05, 0) is 12.1 Å². The lowest BCUT2D eigenvalue weighted by Crippen LogP contribution is -2.16. The number of hydrogen-bond donors (Lipinski definition) is 0. The van der Waals surface area contributed by atoms with Crippen LogP contribution >= 0.6 is 0 Å². The van der Waals surface area contributed by atoms with Crippen molar-refractivity contribution in [1.82, 2.24) is 4.98 Å². The van der Waals surface area contributed by atoms with E-state index in [2.05, 4.69) is 15.0 Å². The zero-order valence-electron chi connectivity index (χ0n) is 14.5. The molecule has 2 aliphatic heterocycles.